The standard InChI is InChI=1S/C15H21N5/c1-3-13-16-8-10-20(13)15-14(17-6-7-18-15)12-5-4-9-19(2)11-12/h6-8,10,12H,3-5,9,11H2,1-2H3. The number of aryl methyl sites for hydroxylation is 1. The molecule has 1 aliphatic heterocycles. The molecule has 0 N–H and O–H groups in total. The quantitative estimate of drug-likeness (QED) is 0.857. The van der Waals surface area contributed by atoms with E-state index in [0.29, 0.717) is 5.92 Å². The van der Waals surface area contributed by atoms with Crippen LogP contribution in [0.4, 0.5) is 0 Å². The number of likely N-dealkylation sites (tertiary alicyclic amines) is 1. The van der Waals surface area contributed by atoms with Crippen molar-refractivity contribution in [3.8, 4) is 5.82 Å². The lowest BCUT2D eigenvalue weighted by molar-refractivity contribution is 0.248. The number of aromatic nitrogens is 4. The number of nitrogens with zero attached hydrogens (tertiary/aromatic N) is 5. The molecule has 20 heavy (non-hydrogen) atoms. The first-order chi connectivity index (χ1) is 9.79. The van der Waals surface area contributed by atoms with Gasteiger partial charge >= 0.3 is 0 Å². The van der Waals surface area contributed by atoms with Gasteiger partial charge < -0.3 is 4.90 Å². The fraction of sp³-hybridized carbons (Fsp3) is 0.533. The molecule has 0 saturated carbocycles. The second-order valence-corrected chi connectivity index (χ2v) is 5.43. The van der Waals surface area contributed by atoms with Crippen molar-refractivity contribution in [2.75, 3.05) is 20.1 Å². The summed E-state index contributed by atoms with van der Waals surface area (Å²) in [5, 5.41) is 0. The molecule has 2 aromatic heterocycles. The molecule has 0 bridgehead atoms. The van der Waals surface area contributed by atoms with Crippen LogP contribution in [0.3, 0.4) is 0 Å². The van der Waals surface area contributed by atoms with Gasteiger partial charge in [0.25, 0.3) is 0 Å². The molecule has 0 aliphatic carbocycles. The number of hydrogen-bond donors (Lipinski definition) is 0. The molecular formula is C15H21N5. The fourth-order valence-electron chi connectivity index (χ4n) is 2.99. The third-order valence-electron chi connectivity index (χ3n) is 3.98. The minimum Gasteiger partial charge on any atom is -0.306 e. The number of piperidine rings is 1. The maximum Gasteiger partial charge on any atom is 0.160 e. The molecule has 3 heterocycles. The van der Waals surface area contributed by atoms with Crippen molar-refractivity contribution in [3.05, 3.63) is 36.3 Å². The number of imidazole rings is 1. The number of likely N-dealkylation sites (N-methyl/N-ethyl adjacent to an activating group) is 1. The first kappa shape index (κ1) is 13.2. The Morgan fingerprint density at radius 2 is 2.05 bits per heavy atom. The second kappa shape index (κ2) is 5.71. The van der Waals surface area contributed by atoms with Crippen LogP contribution in [-0.4, -0.2) is 44.6 Å². The highest BCUT2D eigenvalue weighted by molar-refractivity contribution is 5.33. The summed E-state index contributed by atoms with van der Waals surface area (Å²) in [7, 11) is 2.18. The first-order valence-electron chi connectivity index (χ1n) is 7.31. The Kier molecular flexibility index (Phi) is 3.78. The van der Waals surface area contributed by atoms with Gasteiger partial charge in [0.05, 0.1) is 5.69 Å². The molecule has 3 rings (SSSR count). The Labute approximate surface area is 119 Å². The van der Waals surface area contributed by atoms with Crippen molar-refractivity contribution < 1.29 is 0 Å². The van der Waals surface area contributed by atoms with Crippen molar-refractivity contribution in [2.24, 2.45) is 0 Å². The predicted molar refractivity (Wildman–Crippen MR) is 78.0 cm³/mol. The third-order valence-corrected chi connectivity index (χ3v) is 3.98. The molecule has 1 aliphatic rings. The molecule has 0 spiro atoms. The van der Waals surface area contributed by atoms with Crippen molar-refractivity contribution >= 4 is 0 Å². The fourth-order valence-corrected chi connectivity index (χ4v) is 2.99. The zero-order valence-electron chi connectivity index (χ0n) is 12.2. The van der Waals surface area contributed by atoms with Crippen molar-refractivity contribution in [2.45, 2.75) is 32.1 Å². The van der Waals surface area contributed by atoms with Crippen LogP contribution in [0.5, 0.6) is 0 Å². The Morgan fingerprint density at radius 3 is 2.85 bits per heavy atom. The molecule has 1 saturated heterocycles. The van der Waals surface area contributed by atoms with E-state index in [2.05, 4.69) is 38.4 Å². The Bertz CT molecular complexity index is 577. The summed E-state index contributed by atoms with van der Waals surface area (Å²) in [6, 6.07) is 0. The molecule has 0 aromatic carbocycles. The van der Waals surface area contributed by atoms with Gasteiger partial charge in [-0.1, -0.05) is 6.92 Å². The lowest BCUT2D eigenvalue weighted by Gasteiger charge is -2.30. The molecule has 5 heteroatoms. The van der Waals surface area contributed by atoms with Gasteiger partial charge in [0.15, 0.2) is 5.82 Å². The van der Waals surface area contributed by atoms with Crippen LogP contribution in [-0.2, 0) is 6.42 Å². The second-order valence-electron chi connectivity index (χ2n) is 5.43. The molecule has 0 radical (unpaired) electrons. The van der Waals surface area contributed by atoms with Crippen molar-refractivity contribution in [1.29, 1.82) is 0 Å². The number of rotatable bonds is 3. The molecule has 0 amide bonds. The number of hydrogen-bond acceptors (Lipinski definition) is 4. The maximum absolute atomic E-state index is 4.63. The predicted octanol–water partition coefficient (Wildman–Crippen LogP) is 2.03. The van der Waals surface area contributed by atoms with Gasteiger partial charge in [-0.15, -0.1) is 0 Å². The minimum atomic E-state index is 0.463. The summed E-state index contributed by atoms with van der Waals surface area (Å²) >= 11 is 0. The van der Waals surface area contributed by atoms with Gasteiger partial charge in [0.1, 0.15) is 5.82 Å². The summed E-state index contributed by atoms with van der Waals surface area (Å²) in [6.07, 6.45) is 10.7. The third kappa shape index (κ3) is 2.45. The summed E-state index contributed by atoms with van der Waals surface area (Å²) in [6.45, 7) is 4.35. The first-order valence-corrected chi connectivity index (χ1v) is 7.31. The monoisotopic (exact) mass is 271 g/mol. The zero-order chi connectivity index (χ0) is 13.9. The van der Waals surface area contributed by atoms with Crippen LogP contribution < -0.4 is 0 Å². The summed E-state index contributed by atoms with van der Waals surface area (Å²) in [5.41, 5.74) is 1.10. The smallest absolute Gasteiger partial charge is 0.160 e. The Morgan fingerprint density at radius 1 is 1.20 bits per heavy atom. The van der Waals surface area contributed by atoms with E-state index < -0.39 is 0 Å². The lowest BCUT2D eigenvalue weighted by Crippen LogP contribution is -2.32. The Balaban J connectivity index is 2.00. The van der Waals surface area contributed by atoms with Crippen LogP contribution >= 0.6 is 0 Å². The van der Waals surface area contributed by atoms with Gasteiger partial charge in [0, 0.05) is 43.7 Å². The molecule has 106 valence electrons. The summed E-state index contributed by atoms with van der Waals surface area (Å²) < 4.78 is 2.08. The Hall–Kier alpha value is -1.75. The lowest BCUT2D eigenvalue weighted by atomic mass is 9.94. The van der Waals surface area contributed by atoms with E-state index >= 15 is 0 Å². The average Bonchev–Trinajstić information content (AvgIpc) is 2.95. The van der Waals surface area contributed by atoms with E-state index in [0.717, 1.165) is 30.3 Å². The van der Waals surface area contributed by atoms with E-state index in [-0.39, 0.29) is 0 Å². The van der Waals surface area contributed by atoms with Gasteiger partial charge in [-0.25, -0.2) is 9.97 Å². The van der Waals surface area contributed by atoms with Gasteiger partial charge in [-0.2, -0.15) is 0 Å². The van der Waals surface area contributed by atoms with E-state index in [1.807, 2.05) is 12.4 Å². The minimum absolute atomic E-state index is 0.463. The molecule has 2 aromatic rings. The highest BCUT2D eigenvalue weighted by atomic mass is 15.1. The van der Waals surface area contributed by atoms with Crippen LogP contribution in [0.2, 0.25) is 0 Å². The molecule has 1 fully saturated rings. The SMILES string of the molecule is CCc1nccn1-c1nccnc1C1CCCN(C)C1. The van der Waals surface area contributed by atoms with Gasteiger partial charge in [-0.05, 0) is 26.4 Å². The van der Waals surface area contributed by atoms with Crippen LogP contribution in [0.15, 0.2) is 24.8 Å². The van der Waals surface area contributed by atoms with Crippen molar-refractivity contribution in [3.63, 3.8) is 0 Å². The highest BCUT2D eigenvalue weighted by Crippen LogP contribution is 2.28. The summed E-state index contributed by atoms with van der Waals surface area (Å²) in [5.74, 6) is 2.45. The zero-order valence-corrected chi connectivity index (χ0v) is 12.2. The summed E-state index contributed by atoms with van der Waals surface area (Å²) in [4.78, 5) is 16.0. The van der Waals surface area contributed by atoms with Crippen LogP contribution in [0.25, 0.3) is 5.82 Å². The largest absolute Gasteiger partial charge is 0.306 e. The molecule has 1 unspecified atom stereocenters. The highest BCUT2D eigenvalue weighted by Gasteiger charge is 2.24. The topological polar surface area (TPSA) is 46.8 Å². The van der Waals surface area contributed by atoms with E-state index in [9.17, 15) is 0 Å². The van der Waals surface area contributed by atoms with Gasteiger partial charge in [-0.3, -0.25) is 9.55 Å². The average molecular weight is 271 g/mol. The van der Waals surface area contributed by atoms with Crippen LogP contribution in [0, 0.1) is 0 Å². The van der Waals surface area contributed by atoms with E-state index in [1.54, 1.807) is 12.4 Å². The molecule has 1 atom stereocenters. The maximum atomic E-state index is 4.63. The van der Waals surface area contributed by atoms with Crippen molar-refractivity contribution in [1.82, 2.24) is 24.4 Å². The van der Waals surface area contributed by atoms with E-state index in [4.69, 9.17) is 0 Å². The van der Waals surface area contributed by atoms with Gasteiger partial charge in [0.2, 0.25) is 0 Å². The van der Waals surface area contributed by atoms with Crippen LogP contribution in [0.1, 0.15) is 37.2 Å². The molecule has 5 nitrogen and oxygen atoms in total. The normalized spacial score (nSPS) is 20.2. The molecular weight excluding hydrogens is 250 g/mol. The van der Waals surface area contributed by atoms with E-state index in [1.165, 1.54) is 19.4 Å².